The number of hydrogen-bond acceptors (Lipinski definition) is 6. The maximum Gasteiger partial charge on any atom is 0.311 e. The fourth-order valence-electron chi connectivity index (χ4n) is 6.75. The van der Waals surface area contributed by atoms with E-state index in [9.17, 15) is 14.7 Å². The molecule has 0 amide bonds. The molecule has 0 atom stereocenters. The summed E-state index contributed by atoms with van der Waals surface area (Å²) >= 11 is 0. The highest BCUT2D eigenvalue weighted by molar-refractivity contribution is 5.75. The summed E-state index contributed by atoms with van der Waals surface area (Å²) in [7, 11) is 0. The van der Waals surface area contributed by atoms with E-state index in [0.29, 0.717) is 19.6 Å². The number of aliphatic hydroxyl groups excluding tert-OH is 1. The molecule has 0 heterocycles. The standard InChI is InChI=1S/C43H85NO5/c1-6-9-12-13-14-16-21-32-41(46)48-38-26-20-15-18-24-34-44(36-28-37-45)35-25-19-17-23-33-43(4,5)42(47)49-39-27-22-31-40(29-10-7-2)30-11-8-3/h40,45H,6-39H2,1-5H3. The third-order valence-electron chi connectivity index (χ3n) is 10.2. The first-order valence-corrected chi connectivity index (χ1v) is 21.5. The van der Waals surface area contributed by atoms with E-state index < -0.39 is 5.41 Å². The van der Waals surface area contributed by atoms with Gasteiger partial charge in [0, 0.05) is 19.6 Å². The summed E-state index contributed by atoms with van der Waals surface area (Å²) < 4.78 is 11.2. The summed E-state index contributed by atoms with van der Waals surface area (Å²) in [5.74, 6) is 0.790. The van der Waals surface area contributed by atoms with Gasteiger partial charge in [-0.05, 0) is 84.2 Å². The fraction of sp³-hybridized carbons (Fsp3) is 0.953. The van der Waals surface area contributed by atoms with E-state index in [1.165, 1.54) is 109 Å². The first-order valence-electron chi connectivity index (χ1n) is 21.5. The van der Waals surface area contributed by atoms with Gasteiger partial charge in [0.25, 0.3) is 0 Å². The fourth-order valence-corrected chi connectivity index (χ4v) is 6.75. The third-order valence-corrected chi connectivity index (χ3v) is 10.2. The predicted octanol–water partition coefficient (Wildman–Crippen LogP) is 12.0. The molecule has 0 aromatic heterocycles. The molecule has 49 heavy (non-hydrogen) atoms. The van der Waals surface area contributed by atoms with Crippen molar-refractivity contribution >= 4 is 11.9 Å². The summed E-state index contributed by atoms with van der Waals surface area (Å²) in [6.07, 6.45) is 32.4. The monoisotopic (exact) mass is 696 g/mol. The van der Waals surface area contributed by atoms with Gasteiger partial charge < -0.3 is 19.5 Å². The minimum atomic E-state index is -0.410. The van der Waals surface area contributed by atoms with E-state index in [0.717, 1.165) is 89.8 Å². The second-order valence-corrected chi connectivity index (χ2v) is 15.6. The number of ether oxygens (including phenoxy) is 2. The molecule has 0 saturated heterocycles. The SMILES string of the molecule is CCCCCCCCCC(=O)OCCCCCCCN(CCCO)CCCCCCC(C)(C)C(=O)OCCCCC(CCCC)CCCC. The predicted molar refractivity (Wildman–Crippen MR) is 209 cm³/mol. The van der Waals surface area contributed by atoms with Crippen LogP contribution in [0.2, 0.25) is 0 Å². The van der Waals surface area contributed by atoms with Gasteiger partial charge in [0.1, 0.15) is 0 Å². The van der Waals surface area contributed by atoms with E-state index in [1.54, 1.807) is 0 Å². The first-order chi connectivity index (χ1) is 23.8. The highest BCUT2D eigenvalue weighted by atomic mass is 16.5. The largest absolute Gasteiger partial charge is 0.466 e. The normalized spacial score (nSPS) is 11.9. The van der Waals surface area contributed by atoms with Crippen molar-refractivity contribution in [1.29, 1.82) is 0 Å². The number of rotatable bonds is 38. The van der Waals surface area contributed by atoms with Crippen molar-refractivity contribution < 1.29 is 24.2 Å². The van der Waals surface area contributed by atoms with Crippen LogP contribution in [0.4, 0.5) is 0 Å². The molecule has 0 aromatic rings. The van der Waals surface area contributed by atoms with Gasteiger partial charge in [-0.15, -0.1) is 0 Å². The average Bonchev–Trinajstić information content (AvgIpc) is 3.09. The minimum absolute atomic E-state index is 0.0240. The number of hydrogen-bond donors (Lipinski definition) is 1. The number of nitrogens with zero attached hydrogens (tertiary/aromatic N) is 1. The van der Waals surface area contributed by atoms with Crippen LogP contribution in [-0.4, -0.2) is 61.4 Å². The smallest absolute Gasteiger partial charge is 0.311 e. The Balaban J connectivity index is 3.95. The lowest BCUT2D eigenvalue weighted by atomic mass is 9.87. The molecule has 0 aliphatic heterocycles. The molecular formula is C43H85NO5. The van der Waals surface area contributed by atoms with Gasteiger partial charge in [-0.2, -0.15) is 0 Å². The molecule has 0 spiro atoms. The number of aliphatic hydroxyl groups is 1. The van der Waals surface area contributed by atoms with Crippen LogP contribution in [0.15, 0.2) is 0 Å². The average molecular weight is 696 g/mol. The van der Waals surface area contributed by atoms with Crippen molar-refractivity contribution in [3.05, 3.63) is 0 Å². The van der Waals surface area contributed by atoms with Gasteiger partial charge >= 0.3 is 11.9 Å². The van der Waals surface area contributed by atoms with Crippen LogP contribution in [0.5, 0.6) is 0 Å². The second-order valence-electron chi connectivity index (χ2n) is 15.6. The van der Waals surface area contributed by atoms with Crippen molar-refractivity contribution in [3.8, 4) is 0 Å². The van der Waals surface area contributed by atoms with Crippen molar-refractivity contribution in [3.63, 3.8) is 0 Å². The van der Waals surface area contributed by atoms with Crippen molar-refractivity contribution in [1.82, 2.24) is 4.90 Å². The van der Waals surface area contributed by atoms with Crippen molar-refractivity contribution in [2.45, 2.75) is 214 Å². The molecule has 0 fully saturated rings. The lowest BCUT2D eigenvalue weighted by molar-refractivity contribution is -0.154. The zero-order chi connectivity index (χ0) is 36.3. The third kappa shape index (κ3) is 31.3. The summed E-state index contributed by atoms with van der Waals surface area (Å²) in [6, 6.07) is 0. The Labute approximate surface area is 305 Å². The van der Waals surface area contributed by atoms with Crippen LogP contribution in [-0.2, 0) is 19.1 Å². The molecule has 0 unspecified atom stereocenters. The number of unbranched alkanes of at least 4 members (excludes halogenated alkanes) is 16. The second kappa shape index (κ2) is 35.3. The highest BCUT2D eigenvalue weighted by Crippen LogP contribution is 2.27. The van der Waals surface area contributed by atoms with Crippen molar-refractivity contribution in [2.75, 3.05) is 39.5 Å². The molecule has 0 saturated carbocycles. The summed E-state index contributed by atoms with van der Waals surface area (Å²) in [5, 5.41) is 9.37. The maximum atomic E-state index is 12.8. The van der Waals surface area contributed by atoms with Crippen LogP contribution in [0.3, 0.4) is 0 Å². The van der Waals surface area contributed by atoms with E-state index in [1.807, 2.05) is 13.8 Å². The Bertz CT molecular complexity index is 719. The van der Waals surface area contributed by atoms with E-state index >= 15 is 0 Å². The first kappa shape index (κ1) is 47.9. The van der Waals surface area contributed by atoms with Crippen LogP contribution in [0, 0.1) is 11.3 Å². The van der Waals surface area contributed by atoms with Crippen LogP contribution < -0.4 is 0 Å². The van der Waals surface area contributed by atoms with E-state index in [4.69, 9.17) is 9.47 Å². The molecule has 1 N–H and O–H groups in total. The Hall–Kier alpha value is -1.14. The molecular weight excluding hydrogens is 610 g/mol. The zero-order valence-electron chi connectivity index (χ0n) is 33.6. The molecule has 0 aliphatic carbocycles. The molecule has 292 valence electrons. The minimum Gasteiger partial charge on any atom is -0.466 e. The van der Waals surface area contributed by atoms with Gasteiger partial charge in [0.2, 0.25) is 0 Å². The summed E-state index contributed by atoms with van der Waals surface area (Å²) in [4.78, 5) is 27.2. The topological polar surface area (TPSA) is 76.1 Å². The molecule has 6 heteroatoms. The van der Waals surface area contributed by atoms with Gasteiger partial charge in [0.15, 0.2) is 0 Å². The molecule has 6 nitrogen and oxygen atoms in total. The number of carbonyl (C=O) groups excluding carboxylic acids is 2. The molecule has 0 aliphatic rings. The molecule has 0 radical (unpaired) electrons. The lowest BCUT2D eigenvalue weighted by Crippen LogP contribution is -2.28. The number of carbonyl (C=O) groups is 2. The summed E-state index contributed by atoms with van der Waals surface area (Å²) in [6.45, 7) is 15.4. The van der Waals surface area contributed by atoms with Crippen LogP contribution in [0.1, 0.15) is 214 Å². The number of esters is 2. The van der Waals surface area contributed by atoms with E-state index in [2.05, 4.69) is 25.7 Å². The van der Waals surface area contributed by atoms with Crippen LogP contribution in [0.25, 0.3) is 0 Å². The van der Waals surface area contributed by atoms with Gasteiger partial charge in [-0.3, -0.25) is 9.59 Å². The molecule has 0 rings (SSSR count). The Morgan fingerprint density at radius 3 is 1.63 bits per heavy atom. The molecule has 0 bridgehead atoms. The van der Waals surface area contributed by atoms with Crippen LogP contribution >= 0.6 is 0 Å². The lowest BCUT2D eigenvalue weighted by Gasteiger charge is -2.23. The van der Waals surface area contributed by atoms with Gasteiger partial charge in [-0.25, -0.2) is 0 Å². The van der Waals surface area contributed by atoms with Gasteiger partial charge in [-0.1, -0.05) is 143 Å². The summed E-state index contributed by atoms with van der Waals surface area (Å²) in [5.41, 5.74) is -0.410. The Morgan fingerprint density at radius 2 is 1.02 bits per heavy atom. The van der Waals surface area contributed by atoms with E-state index in [-0.39, 0.29) is 18.5 Å². The van der Waals surface area contributed by atoms with Crippen molar-refractivity contribution in [2.24, 2.45) is 11.3 Å². The maximum absolute atomic E-state index is 12.8. The van der Waals surface area contributed by atoms with Gasteiger partial charge in [0.05, 0.1) is 18.6 Å². The highest BCUT2D eigenvalue weighted by Gasteiger charge is 2.28. The Kier molecular flexibility index (Phi) is 34.5. The Morgan fingerprint density at radius 1 is 0.551 bits per heavy atom. The quantitative estimate of drug-likeness (QED) is 0.0512. The molecule has 0 aromatic carbocycles. The zero-order valence-corrected chi connectivity index (χ0v) is 33.6.